The van der Waals surface area contributed by atoms with E-state index in [1.807, 2.05) is 24.3 Å². The highest BCUT2D eigenvalue weighted by Gasteiger charge is 2.23. The second-order valence-corrected chi connectivity index (χ2v) is 9.11. The summed E-state index contributed by atoms with van der Waals surface area (Å²) in [6, 6.07) is 19.8. The minimum absolute atomic E-state index is 0.125. The van der Waals surface area contributed by atoms with Crippen molar-refractivity contribution in [1.82, 2.24) is 19.7 Å². The molecule has 2 aromatic heterocycles. The lowest BCUT2D eigenvalue weighted by molar-refractivity contribution is -0.122. The van der Waals surface area contributed by atoms with Crippen LogP contribution in [0.25, 0.3) is 0 Å². The Morgan fingerprint density at radius 2 is 1.82 bits per heavy atom. The molecule has 1 aliphatic rings. The molecule has 10 nitrogen and oxygen atoms in total. The molecule has 2 aromatic carbocycles. The highest BCUT2D eigenvalue weighted by atomic mass is 35.5. The van der Waals surface area contributed by atoms with Crippen molar-refractivity contribution in [1.29, 1.82) is 0 Å². The van der Waals surface area contributed by atoms with Gasteiger partial charge in [-0.25, -0.2) is 9.67 Å². The molecule has 0 unspecified atom stereocenters. The predicted octanol–water partition coefficient (Wildman–Crippen LogP) is 4.64. The topological polar surface area (TPSA) is 120 Å². The lowest BCUT2D eigenvalue weighted by Crippen LogP contribution is -2.32. The van der Waals surface area contributed by atoms with Crippen LogP contribution in [0, 0.1) is 5.92 Å². The van der Waals surface area contributed by atoms with Gasteiger partial charge in [-0.1, -0.05) is 29.8 Å². The molecule has 0 spiro atoms. The van der Waals surface area contributed by atoms with Crippen LogP contribution in [0.15, 0.2) is 77.7 Å². The zero-order valence-electron chi connectivity index (χ0n) is 20.3. The maximum absolute atomic E-state index is 12.8. The first-order valence-electron chi connectivity index (χ1n) is 12.1. The Hall–Kier alpha value is -4.28. The Kier molecular flexibility index (Phi) is 7.91. The van der Waals surface area contributed by atoms with Gasteiger partial charge in [-0.05, 0) is 60.9 Å². The summed E-state index contributed by atoms with van der Waals surface area (Å²) < 4.78 is 12.6. The second-order valence-electron chi connectivity index (χ2n) is 8.67. The van der Waals surface area contributed by atoms with Crippen molar-refractivity contribution in [3.63, 3.8) is 0 Å². The SMILES string of the molecule is O=C(Nc1nn(Cc2ccc(Cl)cc2)c(Nc2ccc(Oc3ccccn3)cc2)nc1=O)C1CCOCC1. The zero-order valence-corrected chi connectivity index (χ0v) is 21.1. The van der Waals surface area contributed by atoms with Crippen LogP contribution in [0.3, 0.4) is 0 Å². The Balaban J connectivity index is 1.38. The molecule has 5 rings (SSSR count). The summed E-state index contributed by atoms with van der Waals surface area (Å²) in [6.45, 7) is 1.31. The largest absolute Gasteiger partial charge is 0.439 e. The number of benzene rings is 2. The molecular weight excluding hydrogens is 508 g/mol. The number of amides is 1. The van der Waals surface area contributed by atoms with Gasteiger partial charge in [-0.15, -0.1) is 5.10 Å². The molecule has 0 bridgehead atoms. The Morgan fingerprint density at radius 1 is 1.05 bits per heavy atom. The first-order valence-corrected chi connectivity index (χ1v) is 12.5. The van der Waals surface area contributed by atoms with Crippen LogP contribution in [0.4, 0.5) is 17.5 Å². The molecule has 0 aliphatic carbocycles. The first-order chi connectivity index (χ1) is 18.5. The van der Waals surface area contributed by atoms with Crippen molar-refractivity contribution in [2.45, 2.75) is 19.4 Å². The van der Waals surface area contributed by atoms with E-state index >= 15 is 0 Å². The van der Waals surface area contributed by atoms with Gasteiger partial charge in [0.05, 0.1) is 6.54 Å². The van der Waals surface area contributed by atoms with Crippen LogP contribution in [0.5, 0.6) is 11.6 Å². The summed E-state index contributed by atoms with van der Waals surface area (Å²) in [5.41, 5.74) is 0.905. The average molecular weight is 533 g/mol. The number of anilines is 3. The molecule has 194 valence electrons. The van der Waals surface area contributed by atoms with E-state index in [2.05, 4.69) is 25.7 Å². The number of ether oxygens (including phenoxy) is 2. The molecule has 0 radical (unpaired) electrons. The summed E-state index contributed by atoms with van der Waals surface area (Å²) >= 11 is 6.04. The Bertz CT molecular complexity index is 1440. The van der Waals surface area contributed by atoms with Gasteiger partial charge in [0.2, 0.25) is 23.6 Å². The van der Waals surface area contributed by atoms with E-state index in [4.69, 9.17) is 21.1 Å². The monoisotopic (exact) mass is 532 g/mol. The molecule has 3 heterocycles. The molecule has 38 heavy (non-hydrogen) atoms. The molecule has 0 saturated carbocycles. The summed E-state index contributed by atoms with van der Waals surface area (Å²) in [7, 11) is 0. The number of aromatic nitrogens is 4. The van der Waals surface area contributed by atoms with E-state index < -0.39 is 5.56 Å². The maximum atomic E-state index is 12.8. The van der Waals surface area contributed by atoms with E-state index in [1.54, 1.807) is 48.7 Å². The van der Waals surface area contributed by atoms with Gasteiger partial charge in [-0.3, -0.25) is 9.59 Å². The molecule has 1 amide bonds. The molecule has 11 heteroatoms. The Morgan fingerprint density at radius 3 is 2.53 bits per heavy atom. The predicted molar refractivity (Wildman–Crippen MR) is 143 cm³/mol. The quantitative estimate of drug-likeness (QED) is 0.337. The number of pyridine rings is 1. The average Bonchev–Trinajstić information content (AvgIpc) is 2.94. The van der Waals surface area contributed by atoms with Crippen LogP contribution in [0.2, 0.25) is 5.02 Å². The smallest absolute Gasteiger partial charge is 0.317 e. The number of halogens is 1. The van der Waals surface area contributed by atoms with E-state index in [-0.39, 0.29) is 30.1 Å². The highest BCUT2D eigenvalue weighted by Crippen LogP contribution is 2.23. The number of hydrogen-bond donors (Lipinski definition) is 2. The molecule has 1 aliphatic heterocycles. The Labute approximate surface area is 223 Å². The van der Waals surface area contributed by atoms with Gasteiger partial charge in [0.15, 0.2) is 0 Å². The summed E-state index contributed by atoms with van der Waals surface area (Å²) in [5.74, 6) is 0.674. The lowest BCUT2D eigenvalue weighted by atomic mass is 9.99. The molecule has 1 fully saturated rings. The highest BCUT2D eigenvalue weighted by molar-refractivity contribution is 6.30. The fraction of sp³-hybridized carbons (Fsp3) is 0.222. The fourth-order valence-corrected chi connectivity index (χ4v) is 4.03. The van der Waals surface area contributed by atoms with Crippen molar-refractivity contribution < 1.29 is 14.3 Å². The number of nitrogens with one attached hydrogen (secondary N) is 2. The van der Waals surface area contributed by atoms with Crippen molar-refractivity contribution in [3.05, 3.63) is 93.9 Å². The third-order valence-electron chi connectivity index (χ3n) is 5.93. The second kappa shape index (κ2) is 11.8. The number of nitrogens with zero attached hydrogens (tertiary/aromatic N) is 4. The van der Waals surface area contributed by atoms with E-state index in [0.29, 0.717) is 48.4 Å². The molecule has 4 aromatic rings. The van der Waals surface area contributed by atoms with E-state index in [1.165, 1.54) is 4.68 Å². The third kappa shape index (κ3) is 6.53. The van der Waals surface area contributed by atoms with Crippen molar-refractivity contribution in [3.8, 4) is 11.6 Å². The molecule has 0 atom stereocenters. The minimum Gasteiger partial charge on any atom is -0.439 e. The number of carbonyl (C=O) groups excluding carboxylic acids is 1. The van der Waals surface area contributed by atoms with Gasteiger partial charge >= 0.3 is 5.56 Å². The van der Waals surface area contributed by atoms with Crippen LogP contribution in [0.1, 0.15) is 18.4 Å². The van der Waals surface area contributed by atoms with Gasteiger partial charge in [0.25, 0.3) is 0 Å². The fourth-order valence-electron chi connectivity index (χ4n) is 3.90. The van der Waals surface area contributed by atoms with E-state index in [9.17, 15) is 9.59 Å². The number of carbonyl (C=O) groups is 1. The van der Waals surface area contributed by atoms with Crippen molar-refractivity contribution in [2.75, 3.05) is 23.8 Å². The van der Waals surface area contributed by atoms with Crippen LogP contribution < -0.4 is 20.9 Å². The lowest BCUT2D eigenvalue weighted by Gasteiger charge is -2.21. The molecule has 1 saturated heterocycles. The minimum atomic E-state index is -0.643. The third-order valence-corrected chi connectivity index (χ3v) is 6.18. The number of rotatable bonds is 8. The normalized spacial score (nSPS) is 13.6. The summed E-state index contributed by atoms with van der Waals surface area (Å²) in [6.07, 6.45) is 2.84. The molecular formula is C27H25ClN6O4. The first kappa shape index (κ1) is 25.4. The van der Waals surface area contributed by atoms with Gasteiger partial charge in [0.1, 0.15) is 5.75 Å². The zero-order chi connectivity index (χ0) is 26.3. The maximum Gasteiger partial charge on any atom is 0.317 e. The summed E-state index contributed by atoms with van der Waals surface area (Å²) in [5, 5.41) is 10.9. The number of hydrogen-bond acceptors (Lipinski definition) is 8. The summed E-state index contributed by atoms with van der Waals surface area (Å²) in [4.78, 5) is 33.9. The van der Waals surface area contributed by atoms with Crippen molar-refractivity contribution in [2.24, 2.45) is 5.92 Å². The van der Waals surface area contributed by atoms with Crippen molar-refractivity contribution >= 4 is 35.0 Å². The molecule has 2 N–H and O–H groups in total. The van der Waals surface area contributed by atoms with E-state index in [0.717, 1.165) is 5.56 Å². The van der Waals surface area contributed by atoms with Crippen LogP contribution >= 0.6 is 11.6 Å². The van der Waals surface area contributed by atoms with Crippen LogP contribution in [-0.2, 0) is 16.1 Å². The van der Waals surface area contributed by atoms with Crippen LogP contribution in [-0.4, -0.2) is 38.9 Å². The van der Waals surface area contributed by atoms with Gasteiger partial charge in [0, 0.05) is 42.1 Å². The standard InChI is InChI=1S/C27H25ClN6O4/c28-20-6-4-18(5-7-20)17-34-27(30-21-8-10-22(11-9-21)38-23-3-1-2-14-29-23)32-26(36)24(33-34)31-25(35)19-12-15-37-16-13-19/h1-11,14,19H,12-13,15-17H2,(H,30,32,36)(H,31,33,35). The van der Waals surface area contributed by atoms with Gasteiger partial charge < -0.3 is 20.1 Å². The van der Waals surface area contributed by atoms with Gasteiger partial charge in [-0.2, -0.15) is 4.98 Å².